The molecule has 3 N–H and O–H groups in total. The van der Waals surface area contributed by atoms with Gasteiger partial charge in [0.15, 0.2) is 0 Å². The third-order valence-electron chi connectivity index (χ3n) is 6.54. The van der Waals surface area contributed by atoms with Crippen molar-refractivity contribution >= 4 is 17.6 Å². The second kappa shape index (κ2) is 11.0. The summed E-state index contributed by atoms with van der Waals surface area (Å²) >= 11 is 0. The number of fused-ring (bicyclic) bond motifs is 1. The van der Waals surface area contributed by atoms with Gasteiger partial charge in [0.25, 0.3) is 0 Å². The first-order chi connectivity index (χ1) is 16.0. The number of ether oxygens (including phenoxy) is 1. The molecule has 7 nitrogen and oxygen atoms in total. The number of hydrogen-bond acceptors (Lipinski definition) is 6. The number of nitrogens with one attached hydrogen (secondary N) is 3. The van der Waals surface area contributed by atoms with Crippen molar-refractivity contribution in [2.24, 2.45) is 5.92 Å². The summed E-state index contributed by atoms with van der Waals surface area (Å²) in [6, 6.07) is 11.4. The maximum atomic E-state index is 11.8. The molecule has 2 aliphatic rings. The lowest BCUT2D eigenvalue weighted by Gasteiger charge is -2.26. The quantitative estimate of drug-likeness (QED) is 0.404. The van der Waals surface area contributed by atoms with E-state index in [2.05, 4.69) is 59.0 Å². The first-order valence-electron chi connectivity index (χ1n) is 12.2. The number of aromatic nitrogens is 1. The maximum absolute atomic E-state index is 11.8. The van der Waals surface area contributed by atoms with Gasteiger partial charge in [0.1, 0.15) is 12.4 Å². The Morgan fingerprint density at radius 3 is 2.64 bits per heavy atom. The lowest BCUT2D eigenvalue weighted by atomic mass is 9.98. The molecule has 1 aliphatic carbocycles. The fourth-order valence-corrected chi connectivity index (χ4v) is 4.29. The summed E-state index contributed by atoms with van der Waals surface area (Å²) in [5.74, 6) is 1.62. The Bertz CT molecular complexity index is 929. The first-order valence-corrected chi connectivity index (χ1v) is 12.2. The van der Waals surface area contributed by atoms with Crippen molar-refractivity contribution in [1.82, 2.24) is 15.6 Å². The van der Waals surface area contributed by atoms with Crippen LogP contribution in [0.4, 0.5) is 16.3 Å². The Balaban J connectivity index is 1.37. The highest BCUT2D eigenvalue weighted by atomic mass is 16.6. The first kappa shape index (κ1) is 23.5. The maximum Gasteiger partial charge on any atom is 0.414 e. The molecule has 1 aromatic heterocycles. The minimum Gasteiger partial charge on any atom is -0.444 e. The molecule has 1 aliphatic heterocycles. The van der Waals surface area contributed by atoms with E-state index >= 15 is 0 Å². The molecular formula is C26H37N5O2. The average molecular weight is 452 g/mol. The van der Waals surface area contributed by atoms with Gasteiger partial charge in [-0.05, 0) is 43.4 Å². The minimum atomic E-state index is -0.334. The van der Waals surface area contributed by atoms with Gasteiger partial charge in [-0.3, -0.25) is 4.90 Å². The van der Waals surface area contributed by atoms with Crippen molar-refractivity contribution in [3.05, 3.63) is 53.2 Å². The Morgan fingerprint density at radius 2 is 1.91 bits per heavy atom. The van der Waals surface area contributed by atoms with E-state index in [1.165, 1.54) is 41.7 Å². The molecule has 2 atom stereocenters. The number of amides is 1. The zero-order valence-corrected chi connectivity index (χ0v) is 20.1. The van der Waals surface area contributed by atoms with Crippen LogP contribution >= 0.6 is 0 Å². The molecule has 2 aromatic rings. The number of carbonyl (C=O) groups excluding carboxylic acids is 1. The van der Waals surface area contributed by atoms with Crippen LogP contribution in [0, 0.1) is 5.92 Å². The highest BCUT2D eigenvalue weighted by Crippen LogP contribution is 2.38. The van der Waals surface area contributed by atoms with Crippen LogP contribution in [0.2, 0.25) is 0 Å². The molecule has 1 unspecified atom stereocenters. The van der Waals surface area contributed by atoms with Gasteiger partial charge >= 0.3 is 6.09 Å². The van der Waals surface area contributed by atoms with Crippen molar-refractivity contribution in [3.8, 4) is 0 Å². The van der Waals surface area contributed by atoms with E-state index in [0.29, 0.717) is 6.04 Å². The van der Waals surface area contributed by atoms with Gasteiger partial charge in [-0.15, -0.1) is 0 Å². The van der Waals surface area contributed by atoms with Crippen LogP contribution in [0.1, 0.15) is 68.3 Å². The van der Waals surface area contributed by atoms with Crippen LogP contribution < -0.4 is 20.9 Å². The molecular weight excluding hydrogens is 414 g/mol. The second-order valence-corrected chi connectivity index (χ2v) is 9.28. The number of carbonyl (C=O) groups is 1. The monoisotopic (exact) mass is 451 g/mol. The van der Waals surface area contributed by atoms with E-state index in [1.807, 2.05) is 6.07 Å². The largest absolute Gasteiger partial charge is 0.444 e. The number of hydrogen-bond donors (Lipinski definition) is 3. The van der Waals surface area contributed by atoms with E-state index in [1.54, 1.807) is 13.2 Å². The van der Waals surface area contributed by atoms with Gasteiger partial charge in [-0.25, -0.2) is 9.78 Å². The average Bonchev–Trinajstić information content (AvgIpc) is 3.65. The zero-order valence-electron chi connectivity index (χ0n) is 20.1. The lowest BCUT2D eigenvalue weighted by molar-refractivity contribution is 0.143. The molecule has 1 amide bonds. The number of nitrogens with zero attached hydrogens (tertiary/aromatic N) is 2. The molecule has 7 heteroatoms. The fraction of sp³-hybridized carbons (Fsp3) is 0.538. The van der Waals surface area contributed by atoms with E-state index in [-0.39, 0.29) is 18.7 Å². The molecule has 2 heterocycles. The molecule has 4 rings (SSSR count). The van der Waals surface area contributed by atoms with Crippen LogP contribution in [0.15, 0.2) is 36.5 Å². The summed E-state index contributed by atoms with van der Waals surface area (Å²) in [7, 11) is 1.72. The van der Waals surface area contributed by atoms with Gasteiger partial charge in [-0.2, -0.15) is 0 Å². The van der Waals surface area contributed by atoms with E-state index in [4.69, 9.17) is 4.74 Å². The molecule has 1 saturated carbocycles. The van der Waals surface area contributed by atoms with Crippen LogP contribution in [0.25, 0.3) is 0 Å². The van der Waals surface area contributed by atoms with Crippen molar-refractivity contribution in [2.75, 3.05) is 36.9 Å². The third kappa shape index (κ3) is 6.24. The number of anilines is 2. The Hall–Kier alpha value is -2.64. The highest BCUT2D eigenvalue weighted by molar-refractivity contribution is 5.90. The number of benzene rings is 1. The molecule has 0 radical (unpaired) electrons. The minimum absolute atomic E-state index is 0.0959. The summed E-state index contributed by atoms with van der Waals surface area (Å²) in [6.45, 7) is 7.68. The molecule has 1 aromatic carbocycles. The summed E-state index contributed by atoms with van der Waals surface area (Å²) in [5, 5.41) is 10.7. The molecule has 1 fully saturated rings. The van der Waals surface area contributed by atoms with E-state index in [0.717, 1.165) is 42.6 Å². The summed E-state index contributed by atoms with van der Waals surface area (Å²) in [5.41, 5.74) is 4.33. The van der Waals surface area contributed by atoms with E-state index in [9.17, 15) is 4.79 Å². The second-order valence-electron chi connectivity index (χ2n) is 9.28. The van der Waals surface area contributed by atoms with Gasteiger partial charge in [0.2, 0.25) is 0 Å². The zero-order chi connectivity index (χ0) is 23.2. The standard InChI is InChI=1S/C26H37N5O2/c1-4-11-27-12-13-28-23(14-19-5-6-19)21-9-7-20(8-10-21)18(2)30-25-15-24-22(16-29-25)17-33-26(32)31(24)3/h7-10,15-16,18-19,23,27-28H,4-6,11-14,17H2,1-3H3,(H,29,30)/t18-,23?/m0/s1. The molecule has 0 bridgehead atoms. The van der Waals surface area contributed by atoms with Crippen LogP contribution in [0.5, 0.6) is 0 Å². The molecule has 0 saturated heterocycles. The normalized spacial score (nSPS) is 17.3. The summed E-state index contributed by atoms with van der Waals surface area (Å²) in [6.07, 6.45) is 6.57. The molecule has 178 valence electrons. The van der Waals surface area contributed by atoms with Crippen molar-refractivity contribution < 1.29 is 9.53 Å². The predicted octanol–water partition coefficient (Wildman–Crippen LogP) is 4.77. The molecule has 33 heavy (non-hydrogen) atoms. The van der Waals surface area contributed by atoms with E-state index < -0.39 is 0 Å². The Kier molecular flexibility index (Phi) is 7.83. The van der Waals surface area contributed by atoms with Crippen molar-refractivity contribution in [3.63, 3.8) is 0 Å². The Morgan fingerprint density at radius 1 is 1.15 bits per heavy atom. The SMILES string of the molecule is CCCNCCNC(CC1CC1)c1ccc([C@H](C)Nc2cc3c(cn2)COC(=O)N3C)cc1. The van der Waals surface area contributed by atoms with Crippen LogP contribution in [0.3, 0.4) is 0 Å². The predicted molar refractivity (Wildman–Crippen MR) is 133 cm³/mol. The summed E-state index contributed by atoms with van der Waals surface area (Å²) < 4.78 is 5.12. The van der Waals surface area contributed by atoms with Gasteiger partial charge in [0.05, 0.1) is 5.69 Å². The van der Waals surface area contributed by atoms with Gasteiger partial charge in [0, 0.05) is 50.0 Å². The topological polar surface area (TPSA) is 78.5 Å². The van der Waals surface area contributed by atoms with Crippen LogP contribution in [-0.2, 0) is 11.3 Å². The Labute approximate surface area is 197 Å². The smallest absolute Gasteiger partial charge is 0.414 e. The number of rotatable bonds is 12. The highest BCUT2D eigenvalue weighted by Gasteiger charge is 2.26. The van der Waals surface area contributed by atoms with Gasteiger partial charge < -0.3 is 20.7 Å². The number of pyridine rings is 1. The van der Waals surface area contributed by atoms with Gasteiger partial charge in [-0.1, -0.05) is 44.0 Å². The van der Waals surface area contributed by atoms with Crippen molar-refractivity contribution in [1.29, 1.82) is 0 Å². The third-order valence-corrected chi connectivity index (χ3v) is 6.54. The fourth-order valence-electron chi connectivity index (χ4n) is 4.29. The molecule has 0 spiro atoms. The number of cyclic esters (lactones) is 1. The summed E-state index contributed by atoms with van der Waals surface area (Å²) in [4.78, 5) is 17.9. The lowest BCUT2D eigenvalue weighted by Crippen LogP contribution is -2.32. The van der Waals surface area contributed by atoms with Crippen molar-refractivity contribution in [2.45, 2.75) is 58.2 Å². The van der Waals surface area contributed by atoms with Crippen LogP contribution in [-0.4, -0.2) is 37.8 Å².